The fourth-order valence-electron chi connectivity index (χ4n) is 3.85. The first-order valence-corrected chi connectivity index (χ1v) is 8.31. The van der Waals surface area contributed by atoms with Crippen molar-refractivity contribution in [3.8, 4) is 5.75 Å². The van der Waals surface area contributed by atoms with Crippen LogP contribution in [0.4, 0.5) is 0 Å². The van der Waals surface area contributed by atoms with E-state index in [1.165, 1.54) is 35.0 Å². The fraction of sp³-hybridized carbons (Fsp3) is 0.556. The van der Waals surface area contributed by atoms with Crippen molar-refractivity contribution in [2.24, 2.45) is 5.92 Å². The summed E-state index contributed by atoms with van der Waals surface area (Å²) in [5.41, 5.74) is 4.09. The molecule has 1 N–H and O–H groups in total. The second kappa shape index (κ2) is 5.94. The Morgan fingerprint density at radius 2 is 2.36 bits per heavy atom. The molecule has 4 rings (SSSR count). The van der Waals surface area contributed by atoms with E-state index in [0.717, 1.165) is 45.0 Å². The van der Waals surface area contributed by atoms with Gasteiger partial charge in [0.05, 0.1) is 13.7 Å². The van der Waals surface area contributed by atoms with E-state index in [4.69, 9.17) is 9.47 Å². The van der Waals surface area contributed by atoms with Gasteiger partial charge in [-0.2, -0.15) is 0 Å². The summed E-state index contributed by atoms with van der Waals surface area (Å²) >= 11 is 0. The molecule has 2 aromatic rings. The number of nitrogens with zero attached hydrogens (tertiary/aromatic N) is 1. The maximum absolute atomic E-state index is 5.63. The molecule has 1 fully saturated rings. The predicted molar refractivity (Wildman–Crippen MR) is 87.4 cm³/mol. The lowest BCUT2D eigenvalue weighted by Gasteiger charge is -2.32. The van der Waals surface area contributed by atoms with Crippen molar-refractivity contribution in [1.29, 1.82) is 0 Å². The van der Waals surface area contributed by atoms with Crippen LogP contribution in [0.3, 0.4) is 0 Å². The molecule has 118 valence electrons. The number of H-pyrrole nitrogens is 1. The van der Waals surface area contributed by atoms with Gasteiger partial charge in [-0.05, 0) is 42.5 Å². The van der Waals surface area contributed by atoms with Crippen molar-refractivity contribution in [2.45, 2.75) is 25.8 Å². The zero-order valence-electron chi connectivity index (χ0n) is 13.2. The number of fused-ring (bicyclic) bond motifs is 3. The lowest BCUT2D eigenvalue weighted by atomic mass is 9.99. The minimum absolute atomic E-state index is 0.704. The summed E-state index contributed by atoms with van der Waals surface area (Å²) in [5.74, 6) is 1.64. The number of methoxy groups -OCH3 is 1. The molecule has 2 aliphatic rings. The maximum atomic E-state index is 5.63. The molecule has 1 atom stereocenters. The summed E-state index contributed by atoms with van der Waals surface area (Å²) in [7, 11) is 1.73. The van der Waals surface area contributed by atoms with Crippen LogP contribution in [0.25, 0.3) is 10.9 Å². The molecule has 4 heteroatoms. The number of aromatic amines is 1. The van der Waals surface area contributed by atoms with Gasteiger partial charge in [-0.3, -0.25) is 4.90 Å². The van der Waals surface area contributed by atoms with Crippen LogP contribution in [0.1, 0.15) is 24.1 Å². The molecular weight excluding hydrogens is 276 g/mol. The number of aromatic nitrogens is 1. The Labute approximate surface area is 131 Å². The largest absolute Gasteiger partial charge is 0.497 e. The third kappa shape index (κ3) is 2.61. The first-order chi connectivity index (χ1) is 10.8. The molecule has 0 aliphatic carbocycles. The summed E-state index contributed by atoms with van der Waals surface area (Å²) in [6.07, 6.45) is 3.64. The molecule has 0 radical (unpaired) electrons. The van der Waals surface area contributed by atoms with Crippen LogP contribution in [-0.4, -0.2) is 43.3 Å². The van der Waals surface area contributed by atoms with Crippen LogP contribution < -0.4 is 4.74 Å². The Balaban J connectivity index is 1.56. The van der Waals surface area contributed by atoms with Crippen LogP contribution in [0.5, 0.6) is 5.75 Å². The third-order valence-electron chi connectivity index (χ3n) is 5.03. The van der Waals surface area contributed by atoms with E-state index in [9.17, 15) is 0 Å². The molecular formula is C18H24N2O2. The topological polar surface area (TPSA) is 37.5 Å². The highest BCUT2D eigenvalue weighted by atomic mass is 16.5. The van der Waals surface area contributed by atoms with Crippen LogP contribution in [0.15, 0.2) is 18.2 Å². The van der Waals surface area contributed by atoms with E-state index in [2.05, 4.69) is 22.0 Å². The molecule has 0 amide bonds. The minimum atomic E-state index is 0.704. The van der Waals surface area contributed by atoms with Gasteiger partial charge < -0.3 is 14.5 Å². The van der Waals surface area contributed by atoms with E-state index >= 15 is 0 Å². The monoisotopic (exact) mass is 300 g/mol. The Hall–Kier alpha value is -1.52. The summed E-state index contributed by atoms with van der Waals surface area (Å²) in [4.78, 5) is 6.18. The zero-order chi connectivity index (χ0) is 14.9. The molecule has 4 nitrogen and oxygen atoms in total. The predicted octanol–water partition coefficient (Wildman–Crippen LogP) is 2.96. The van der Waals surface area contributed by atoms with E-state index in [0.29, 0.717) is 5.92 Å². The number of nitrogens with one attached hydrogen (secondary N) is 1. The minimum Gasteiger partial charge on any atom is -0.497 e. The van der Waals surface area contributed by atoms with Crippen molar-refractivity contribution in [3.05, 3.63) is 29.5 Å². The quantitative estimate of drug-likeness (QED) is 0.947. The molecule has 0 spiro atoms. The second-order valence-electron chi connectivity index (χ2n) is 6.56. The summed E-state index contributed by atoms with van der Waals surface area (Å²) < 4.78 is 11.0. The van der Waals surface area contributed by atoms with Crippen LogP contribution in [-0.2, 0) is 17.7 Å². The first kappa shape index (κ1) is 14.1. The summed E-state index contributed by atoms with van der Waals surface area (Å²) in [6, 6.07) is 6.32. The third-order valence-corrected chi connectivity index (χ3v) is 5.03. The number of benzene rings is 1. The highest BCUT2D eigenvalue weighted by molar-refractivity contribution is 5.86. The molecule has 1 aromatic carbocycles. The van der Waals surface area contributed by atoms with E-state index in [1.54, 1.807) is 7.11 Å². The SMILES string of the molecule is COc1ccc2[nH]c3c(c2c1)CN(C[C@@H]1CCCOC1)CC3. The van der Waals surface area contributed by atoms with Gasteiger partial charge in [-0.15, -0.1) is 0 Å². The van der Waals surface area contributed by atoms with Gasteiger partial charge in [-0.25, -0.2) is 0 Å². The molecule has 2 aliphatic heterocycles. The highest BCUT2D eigenvalue weighted by Gasteiger charge is 2.24. The average Bonchev–Trinajstić information content (AvgIpc) is 2.93. The van der Waals surface area contributed by atoms with Crippen molar-refractivity contribution in [1.82, 2.24) is 9.88 Å². The number of hydrogen-bond donors (Lipinski definition) is 1. The molecule has 1 aromatic heterocycles. The molecule has 0 saturated carbocycles. The smallest absolute Gasteiger partial charge is 0.119 e. The lowest BCUT2D eigenvalue weighted by Crippen LogP contribution is -2.37. The average molecular weight is 300 g/mol. The maximum Gasteiger partial charge on any atom is 0.119 e. The Morgan fingerprint density at radius 3 is 3.18 bits per heavy atom. The van der Waals surface area contributed by atoms with Crippen molar-refractivity contribution in [3.63, 3.8) is 0 Å². The fourth-order valence-corrected chi connectivity index (χ4v) is 3.85. The Morgan fingerprint density at radius 1 is 1.41 bits per heavy atom. The van der Waals surface area contributed by atoms with Gasteiger partial charge in [0.1, 0.15) is 5.75 Å². The summed E-state index contributed by atoms with van der Waals surface area (Å²) in [6.45, 7) is 5.23. The standard InChI is InChI=1S/C18H24N2O2/c1-21-14-4-5-17-15(9-14)16-11-20(7-6-18(16)19-17)10-13-3-2-8-22-12-13/h4-5,9,13,19H,2-3,6-8,10-12H2,1H3/t13-/m0/s1. The van der Waals surface area contributed by atoms with Gasteiger partial charge in [-0.1, -0.05) is 0 Å². The lowest BCUT2D eigenvalue weighted by molar-refractivity contribution is 0.0364. The van der Waals surface area contributed by atoms with Crippen molar-refractivity contribution < 1.29 is 9.47 Å². The van der Waals surface area contributed by atoms with E-state index < -0.39 is 0 Å². The molecule has 22 heavy (non-hydrogen) atoms. The molecule has 3 heterocycles. The number of hydrogen-bond acceptors (Lipinski definition) is 3. The van der Waals surface area contributed by atoms with E-state index in [-0.39, 0.29) is 0 Å². The normalized spacial score (nSPS) is 22.7. The number of ether oxygens (including phenoxy) is 2. The zero-order valence-corrected chi connectivity index (χ0v) is 13.2. The van der Waals surface area contributed by atoms with Gasteiger partial charge in [0.15, 0.2) is 0 Å². The van der Waals surface area contributed by atoms with Crippen molar-refractivity contribution >= 4 is 10.9 Å². The van der Waals surface area contributed by atoms with Gasteiger partial charge in [0, 0.05) is 49.3 Å². The second-order valence-corrected chi connectivity index (χ2v) is 6.56. The molecule has 0 bridgehead atoms. The van der Waals surface area contributed by atoms with Crippen molar-refractivity contribution in [2.75, 3.05) is 33.4 Å². The molecule has 1 saturated heterocycles. The van der Waals surface area contributed by atoms with E-state index in [1.807, 2.05) is 6.07 Å². The molecule has 0 unspecified atom stereocenters. The first-order valence-electron chi connectivity index (χ1n) is 8.31. The van der Waals surface area contributed by atoms with Gasteiger partial charge >= 0.3 is 0 Å². The van der Waals surface area contributed by atoms with Gasteiger partial charge in [0.2, 0.25) is 0 Å². The summed E-state index contributed by atoms with van der Waals surface area (Å²) in [5, 5.41) is 1.32. The highest BCUT2D eigenvalue weighted by Crippen LogP contribution is 2.31. The van der Waals surface area contributed by atoms with Crippen LogP contribution in [0, 0.1) is 5.92 Å². The van der Waals surface area contributed by atoms with Crippen LogP contribution in [0.2, 0.25) is 0 Å². The van der Waals surface area contributed by atoms with Crippen LogP contribution >= 0.6 is 0 Å². The number of rotatable bonds is 3. The van der Waals surface area contributed by atoms with Gasteiger partial charge in [0.25, 0.3) is 0 Å². The Bertz CT molecular complexity index is 658. The Kier molecular flexibility index (Phi) is 3.80.